The summed E-state index contributed by atoms with van der Waals surface area (Å²) < 4.78 is 15.9. The van der Waals surface area contributed by atoms with Gasteiger partial charge in [-0.15, -0.1) is 5.10 Å². The highest BCUT2D eigenvalue weighted by Gasteiger charge is 2.25. The first-order valence-electron chi connectivity index (χ1n) is 7.49. The van der Waals surface area contributed by atoms with E-state index in [9.17, 15) is 4.79 Å². The van der Waals surface area contributed by atoms with Crippen LogP contribution in [-0.4, -0.2) is 39.2 Å². The largest absolute Gasteiger partial charge is 0.496 e. The van der Waals surface area contributed by atoms with E-state index < -0.39 is 0 Å². The molecule has 0 radical (unpaired) electrons. The van der Waals surface area contributed by atoms with Crippen molar-refractivity contribution in [2.45, 2.75) is 0 Å². The van der Waals surface area contributed by atoms with Crippen molar-refractivity contribution in [1.82, 2.24) is 0 Å². The normalized spacial score (nSPS) is 14.5. The van der Waals surface area contributed by atoms with E-state index in [0.717, 1.165) is 11.3 Å². The first-order chi connectivity index (χ1) is 12.2. The minimum absolute atomic E-state index is 0.270. The highest BCUT2D eigenvalue weighted by molar-refractivity contribution is 6.53. The van der Waals surface area contributed by atoms with E-state index in [-0.39, 0.29) is 11.6 Å². The number of fused-ring (bicyclic) bond motifs is 1. The number of benzene rings is 2. The molecular weight excluding hydrogens is 322 g/mol. The molecule has 1 heterocycles. The molecule has 3 rings (SSSR count). The van der Waals surface area contributed by atoms with Crippen molar-refractivity contribution in [3.63, 3.8) is 0 Å². The van der Waals surface area contributed by atoms with E-state index in [0.29, 0.717) is 22.8 Å². The van der Waals surface area contributed by atoms with Gasteiger partial charge < -0.3 is 19.5 Å². The SMILES string of the molecule is COc1cc(OC)c(OC)cc1C=NN=C1C(=O)Nc2ccccc21. The maximum absolute atomic E-state index is 12.0. The zero-order valence-electron chi connectivity index (χ0n) is 14.1. The Labute approximate surface area is 144 Å². The Morgan fingerprint density at radius 3 is 2.36 bits per heavy atom. The Morgan fingerprint density at radius 2 is 1.64 bits per heavy atom. The Hall–Kier alpha value is -3.35. The Bertz CT molecular complexity index is 875. The van der Waals surface area contributed by atoms with Gasteiger partial charge in [-0.05, 0) is 12.1 Å². The maximum atomic E-state index is 12.0. The molecule has 128 valence electrons. The number of rotatable bonds is 5. The van der Waals surface area contributed by atoms with Crippen LogP contribution >= 0.6 is 0 Å². The van der Waals surface area contributed by atoms with Crippen molar-refractivity contribution < 1.29 is 19.0 Å². The lowest BCUT2D eigenvalue weighted by Crippen LogP contribution is -2.13. The third-order valence-electron chi connectivity index (χ3n) is 3.74. The Balaban J connectivity index is 1.94. The molecule has 0 aromatic heterocycles. The Morgan fingerprint density at radius 1 is 0.960 bits per heavy atom. The number of nitrogens with zero attached hydrogens (tertiary/aromatic N) is 2. The predicted molar refractivity (Wildman–Crippen MR) is 95.3 cm³/mol. The second-order valence-electron chi connectivity index (χ2n) is 5.14. The second-order valence-corrected chi connectivity index (χ2v) is 5.14. The van der Waals surface area contributed by atoms with Crippen molar-refractivity contribution in [3.05, 3.63) is 47.5 Å². The molecule has 0 aliphatic carbocycles. The van der Waals surface area contributed by atoms with Crippen molar-refractivity contribution >= 4 is 23.5 Å². The zero-order valence-corrected chi connectivity index (χ0v) is 14.1. The van der Waals surface area contributed by atoms with E-state index in [2.05, 4.69) is 15.5 Å². The van der Waals surface area contributed by atoms with Crippen LogP contribution in [0.25, 0.3) is 0 Å². The number of nitrogens with one attached hydrogen (secondary N) is 1. The fraction of sp³-hybridized carbons (Fsp3) is 0.167. The minimum atomic E-state index is -0.280. The first-order valence-corrected chi connectivity index (χ1v) is 7.49. The van der Waals surface area contributed by atoms with E-state index in [1.54, 1.807) is 33.5 Å². The molecule has 0 spiro atoms. The molecule has 0 atom stereocenters. The molecule has 0 saturated heterocycles. The molecular formula is C18H17N3O4. The monoisotopic (exact) mass is 339 g/mol. The summed E-state index contributed by atoms with van der Waals surface area (Å²) in [4.78, 5) is 12.0. The molecule has 0 unspecified atom stereocenters. The molecule has 1 aliphatic heterocycles. The van der Waals surface area contributed by atoms with Crippen LogP contribution in [0, 0.1) is 0 Å². The van der Waals surface area contributed by atoms with Gasteiger partial charge in [0.1, 0.15) is 5.75 Å². The molecule has 0 fully saturated rings. The molecule has 1 N–H and O–H groups in total. The van der Waals surface area contributed by atoms with Crippen LogP contribution in [0.4, 0.5) is 5.69 Å². The highest BCUT2D eigenvalue weighted by Crippen LogP contribution is 2.33. The minimum Gasteiger partial charge on any atom is -0.496 e. The van der Waals surface area contributed by atoms with Gasteiger partial charge in [0, 0.05) is 17.2 Å². The van der Waals surface area contributed by atoms with Gasteiger partial charge in [0.2, 0.25) is 0 Å². The van der Waals surface area contributed by atoms with Gasteiger partial charge in [-0.1, -0.05) is 18.2 Å². The van der Waals surface area contributed by atoms with Crippen molar-refractivity contribution in [2.24, 2.45) is 10.2 Å². The van der Waals surface area contributed by atoms with Crippen molar-refractivity contribution in [2.75, 3.05) is 26.6 Å². The van der Waals surface area contributed by atoms with Crippen LogP contribution in [0.15, 0.2) is 46.6 Å². The summed E-state index contributed by atoms with van der Waals surface area (Å²) in [6.07, 6.45) is 1.50. The van der Waals surface area contributed by atoms with Crippen LogP contribution < -0.4 is 19.5 Å². The highest BCUT2D eigenvalue weighted by atomic mass is 16.5. The number of hydrogen-bond donors (Lipinski definition) is 1. The van der Waals surface area contributed by atoms with E-state index in [1.807, 2.05) is 24.3 Å². The standard InChI is InChI=1S/C18H17N3O4/c1-23-14-9-16(25-3)15(24-2)8-11(14)10-19-21-17-12-6-4-5-7-13(12)20-18(17)22/h4-10H,1-3H3,(H,20,21,22). The van der Waals surface area contributed by atoms with Crippen LogP contribution in [0.5, 0.6) is 17.2 Å². The predicted octanol–water partition coefficient (Wildman–Crippen LogP) is 2.49. The van der Waals surface area contributed by atoms with E-state index in [1.165, 1.54) is 6.21 Å². The third kappa shape index (κ3) is 3.16. The number of methoxy groups -OCH3 is 3. The van der Waals surface area contributed by atoms with Gasteiger partial charge in [-0.25, -0.2) is 0 Å². The number of carbonyl (C=O) groups excluding carboxylic acids is 1. The third-order valence-corrected chi connectivity index (χ3v) is 3.74. The summed E-state index contributed by atoms with van der Waals surface area (Å²) in [5.41, 5.74) is 2.37. The lowest BCUT2D eigenvalue weighted by Gasteiger charge is -2.11. The van der Waals surface area contributed by atoms with Gasteiger partial charge in [0.25, 0.3) is 5.91 Å². The number of carbonyl (C=O) groups is 1. The average Bonchev–Trinajstić information content (AvgIpc) is 2.96. The zero-order chi connectivity index (χ0) is 17.8. The fourth-order valence-corrected chi connectivity index (χ4v) is 2.50. The summed E-state index contributed by atoms with van der Waals surface area (Å²) in [7, 11) is 4.64. The van der Waals surface area contributed by atoms with Gasteiger partial charge in [-0.3, -0.25) is 4.79 Å². The Kier molecular flexibility index (Phi) is 4.65. The smallest absolute Gasteiger partial charge is 0.276 e. The topological polar surface area (TPSA) is 81.5 Å². The number of para-hydroxylation sites is 1. The number of ether oxygens (including phenoxy) is 3. The molecule has 7 nitrogen and oxygen atoms in total. The number of amides is 1. The number of hydrogen-bond acceptors (Lipinski definition) is 6. The molecule has 2 aromatic carbocycles. The maximum Gasteiger partial charge on any atom is 0.276 e. The summed E-state index contributed by atoms with van der Waals surface area (Å²) >= 11 is 0. The van der Waals surface area contributed by atoms with Gasteiger partial charge in [0.05, 0.1) is 33.2 Å². The van der Waals surface area contributed by atoms with Gasteiger partial charge in [0.15, 0.2) is 17.2 Å². The lowest BCUT2D eigenvalue weighted by atomic mass is 10.1. The molecule has 7 heteroatoms. The quantitative estimate of drug-likeness (QED) is 0.670. The molecule has 0 saturated carbocycles. The molecule has 25 heavy (non-hydrogen) atoms. The molecule has 1 aliphatic rings. The average molecular weight is 339 g/mol. The van der Waals surface area contributed by atoms with Gasteiger partial charge in [-0.2, -0.15) is 5.10 Å². The second kappa shape index (κ2) is 7.04. The van der Waals surface area contributed by atoms with Crippen LogP contribution in [0.2, 0.25) is 0 Å². The molecule has 2 aromatic rings. The van der Waals surface area contributed by atoms with Crippen LogP contribution in [0.3, 0.4) is 0 Å². The summed E-state index contributed by atoms with van der Waals surface area (Å²) in [6.45, 7) is 0. The summed E-state index contributed by atoms with van der Waals surface area (Å²) in [5, 5.41) is 10.8. The first kappa shape index (κ1) is 16.5. The fourth-order valence-electron chi connectivity index (χ4n) is 2.50. The van der Waals surface area contributed by atoms with E-state index in [4.69, 9.17) is 14.2 Å². The van der Waals surface area contributed by atoms with Crippen LogP contribution in [0.1, 0.15) is 11.1 Å². The van der Waals surface area contributed by atoms with Crippen LogP contribution in [-0.2, 0) is 4.79 Å². The van der Waals surface area contributed by atoms with E-state index >= 15 is 0 Å². The number of anilines is 1. The van der Waals surface area contributed by atoms with Crippen molar-refractivity contribution in [1.29, 1.82) is 0 Å². The summed E-state index contributed by atoms with van der Waals surface area (Å²) in [5.74, 6) is 1.36. The van der Waals surface area contributed by atoms with Crippen molar-refractivity contribution in [3.8, 4) is 17.2 Å². The molecule has 0 bridgehead atoms. The van der Waals surface area contributed by atoms with Gasteiger partial charge >= 0.3 is 0 Å². The molecule has 1 amide bonds. The lowest BCUT2D eigenvalue weighted by molar-refractivity contribution is -0.110. The summed E-state index contributed by atoms with van der Waals surface area (Å²) in [6, 6.07) is 10.7.